The van der Waals surface area contributed by atoms with Crippen LogP contribution in [0.5, 0.6) is 0 Å². The maximum atomic E-state index is 2.53. The topological polar surface area (TPSA) is 0 Å². The zero-order valence-corrected chi connectivity index (χ0v) is 33.8. The lowest BCUT2D eigenvalue weighted by atomic mass is 9.68. The van der Waals surface area contributed by atoms with Gasteiger partial charge in [0.2, 0.25) is 0 Å². The first-order valence-corrected chi connectivity index (χ1v) is 21.6. The van der Waals surface area contributed by atoms with Crippen molar-refractivity contribution in [3.8, 4) is 11.1 Å². The van der Waals surface area contributed by atoms with Crippen molar-refractivity contribution >= 4 is 43.8 Å². The highest BCUT2D eigenvalue weighted by Crippen LogP contribution is 2.52. The molecular formula is C59H46. The van der Waals surface area contributed by atoms with E-state index in [-0.39, 0.29) is 17.3 Å². The lowest BCUT2D eigenvalue weighted by Gasteiger charge is -2.35. The van der Waals surface area contributed by atoms with Gasteiger partial charge in [0.1, 0.15) is 0 Å². The third kappa shape index (κ3) is 5.15. The zero-order chi connectivity index (χ0) is 39.2. The Hall–Kier alpha value is -6.50. The van der Waals surface area contributed by atoms with E-state index in [0.29, 0.717) is 5.92 Å². The van der Waals surface area contributed by atoms with Crippen LogP contribution in [0.3, 0.4) is 0 Å². The number of hydrogen-bond donors (Lipinski definition) is 0. The van der Waals surface area contributed by atoms with E-state index in [0.717, 1.165) is 12.8 Å². The van der Waals surface area contributed by atoms with Crippen LogP contribution in [-0.2, 0) is 5.41 Å². The molecule has 0 saturated heterocycles. The lowest BCUT2D eigenvalue weighted by Crippen LogP contribution is -2.40. The van der Waals surface area contributed by atoms with Crippen molar-refractivity contribution in [2.24, 2.45) is 17.8 Å². The second-order valence-corrected chi connectivity index (χ2v) is 17.7. The predicted molar refractivity (Wildman–Crippen MR) is 249 cm³/mol. The number of hydrogen-bond acceptors (Lipinski definition) is 0. The Morgan fingerprint density at radius 2 is 1.12 bits per heavy atom. The molecule has 3 unspecified atom stereocenters. The van der Waals surface area contributed by atoms with Gasteiger partial charge in [0.15, 0.2) is 0 Å². The fourth-order valence-electron chi connectivity index (χ4n) is 11.7. The Morgan fingerprint density at radius 3 is 1.85 bits per heavy atom. The van der Waals surface area contributed by atoms with Crippen molar-refractivity contribution in [2.45, 2.75) is 38.5 Å². The molecule has 5 aliphatic carbocycles. The molecule has 59 heavy (non-hydrogen) atoms. The van der Waals surface area contributed by atoms with Crippen LogP contribution in [0.15, 0.2) is 194 Å². The first-order chi connectivity index (χ1) is 29.1. The van der Waals surface area contributed by atoms with Gasteiger partial charge in [-0.25, -0.2) is 0 Å². The van der Waals surface area contributed by atoms with Crippen LogP contribution in [0.1, 0.15) is 66.5 Å². The van der Waals surface area contributed by atoms with Crippen molar-refractivity contribution in [1.29, 1.82) is 0 Å². The molecule has 0 N–H and O–H groups in total. The fourth-order valence-corrected chi connectivity index (χ4v) is 11.7. The van der Waals surface area contributed by atoms with Crippen molar-refractivity contribution in [2.75, 3.05) is 0 Å². The van der Waals surface area contributed by atoms with Gasteiger partial charge in [0.05, 0.1) is 0 Å². The number of rotatable bonds is 4. The molecule has 12 rings (SSSR count). The summed E-state index contributed by atoms with van der Waals surface area (Å²) < 4.78 is 0. The first kappa shape index (κ1) is 34.5. The van der Waals surface area contributed by atoms with Gasteiger partial charge in [0, 0.05) is 17.3 Å². The van der Waals surface area contributed by atoms with Crippen molar-refractivity contribution in [1.82, 2.24) is 0 Å². The maximum absolute atomic E-state index is 2.53. The normalized spacial score (nSPS) is 20.9. The van der Waals surface area contributed by atoms with Gasteiger partial charge >= 0.3 is 0 Å². The van der Waals surface area contributed by atoms with Gasteiger partial charge in [-0.15, -0.1) is 0 Å². The van der Waals surface area contributed by atoms with Crippen molar-refractivity contribution in [3.05, 3.63) is 238 Å². The molecule has 0 radical (unpaired) electrons. The highest BCUT2D eigenvalue weighted by Gasteiger charge is 2.38. The summed E-state index contributed by atoms with van der Waals surface area (Å²) in [6, 6.07) is 55.4. The Kier molecular flexibility index (Phi) is 7.76. The lowest BCUT2D eigenvalue weighted by molar-refractivity contribution is 0.574. The second-order valence-electron chi connectivity index (χ2n) is 17.7. The van der Waals surface area contributed by atoms with Crippen LogP contribution in [0, 0.1) is 17.8 Å². The van der Waals surface area contributed by atoms with E-state index in [9.17, 15) is 0 Å². The monoisotopic (exact) mass is 754 g/mol. The zero-order valence-electron chi connectivity index (χ0n) is 33.8. The highest BCUT2D eigenvalue weighted by atomic mass is 14.4. The van der Waals surface area contributed by atoms with Gasteiger partial charge in [-0.1, -0.05) is 196 Å². The minimum absolute atomic E-state index is 0.0611. The Morgan fingerprint density at radius 1 is 0.525 bits per heavy atom. The van der Waals surface area contributed by atoms with Gasteiger partial charge < -0.3 is 0 Å². The maximum Gasteiger partial charge on any atom is 0.0159 e. The molecule has 7 aromatic rings. The molecule has 282 valence electrons. The van der Waals surface area contributed by atoms with Crippen LogP contribution in [0.25, 0.3) is 55.0 Å². The Bertz CT molecular complexity index is 3150. The molecule has 0 heteroatoms. The van der Waals surface area contributed by atoms with E-state index in [1.807, 2.05) is 0 Å². The predicted octanol–water partition coefficient (Wildman–Crippen LogP) is 13.3. The summed E-state index contributed by atoms with van der Waals surface area (Å²) in [6.45, 7) is 4.79. The second kappa shape index (κ2) is 13.3. The summed E-state index contributed by atoms with van der Waals surface area (Å²) in [5.41, 5.74) is 18.1. The van der Waals surface area contributed by atoms with Gasteiger partial charge in [-0.3, -0.25) is 0 Å². The van der Waals surface area contributed by atoms with Crippen LogP contribution in [0.2, 0.25) is 0 Å². The van der Waals surface area contributed by atoms with Gasteiger partial charge in [0.25, 0.3) is 0 Å². The minimum atomic E-state index is -0.0611. The first-order valence-electron chi connectivity index (χ1n) is 21.6. The quantitative estimate of drug-likeness (QED) is 0.157. The summed E-state index contributed by atoms with van der Waals surface area (Å²) in [7, 11) is 0. The standard InChI is InChI=1S/C59H46/c1-59(2)53-31-17-16-22-41(53)42-33-32-40(36-54(42)59)55-43-23-8-12-27-47(43)57(48-28-13-9-24-44(48)55)58-49-29-14-10-25-45(49)56(46-26-11-15-30-50(46)58)52-35-39-21-7-6-20-38(39)34-51(52)37-18-4-3-5-19-37/h3-6,8-20,22-34,36,39,43,47H,7,21,35H2,1-2H3. The van der Waals surface area contributed by atoms with Gasteiger partial charge in [-0.2, -0.15) is 0 Å². The molecule has 0 heterocycles. The largest absolute Gasteiger partial charge is 0.0842 e. The van der Waals surface area contributed by atoms with Crippen LogP contribution in [-0.4, -0.2) is 0 Å². The van der Waals surface area contributed by atoms with E-state index in [4.69, 9.17) is 0 Å². The van der Waals surface area contributed by atoms with Crippen LogP contribution >= 0.6 is 0 Å². The molecule has 0 saturated carbocycles. The van der Waals surface area contributed by atoms with E-state index in [1.165, 1.54) is 111 Å². The Labute approximate surface area is 347 Å². The molecular weight excluding hydrogens is 709 g/mol. The smallest absolute Gasteiger partial charge is 0.0159 e. The molecule has 3 atom stereocenters. The average Bonchev–Trinajstić information content (AvgIpc) is 3.52. The molecule has 0 nitrogen and oxygen atoms in total. The molecule has 0 amide bonds. The summed E-state index contributed by atoms with van der Waals surface area (Å²) in [4.78, 5) is 0. The highest BCUT2D eigenvalue weighted by molar-refractivity contribution is 6.19. The molecule has 0 bridgehead atoms. The average molecular weight is 755 g/mol. The number of benzene rings is 7. The third-order valence-corrected chi connectivity index (χ3v) is 14.3. The summed E-state index contributed by atoms with van der Waals surface area (Å²) in [5, 5.41) is 8.06. The molecule has 5 aliphatic rings. The van der Waals surface area contributed by atoms with Gasteiger partial charge in [-0.05, 0) is 136 Å². The van der Waals surface area contributed by atoms with Crippen LogP contribution < -0.4 is 10.4 Å². The summed E-state index contributed by atoms with van der Waals surface area (Å²) in [5.74, 6) is 0.905. The molecule has 0 fully saturated rings. The van der Waals surface area contributed by atoms with Crippen molar-refractivity contribution < 1.29 is 0 Å². The van der Waals surface area contributed by atoms with Crippen LogP contribution in [0.4, 0.5) is 0 Å². The fraction of sp³-hybridized carbons (Fsp3) is 0.153. The molecule has 0 aliphatic heterocycles. The third-order valence-electron chi connectivity index (χ3n) is 14.3. The van der Waals surface area contributed by atoms with E-state index < -0.39 is 0 Å². The van der Waals surface area contributed by atoms with Crippen molar-refractivity contribution in [3.63, 3.8) is 0 Å². The molecule has 0 aromatic heterocycles. The summed E-state index contributed by atoms with van der Waals surface area (Å²) in [6.07, 6.45) is 20.2. The number of allylic oxidation sites excluding steroid dienone is 10. The van der Waals surface area contributed by atoms with E-state index in [2.05, 4.69) is 202 Å². The molecule has 7 aromatic carbocycles. The SMILES string of the molecule is CC1(C)c2ccccc2-c2ccc(C3=c4ccccc4=C(c4c5ccccc5c(C5=C(c6ccccc6)C=C6C=CCCC6C5)c5ccccc45)C4C=CC=CC34)cc21. The molecule has 0 spiro atoms. The van der Waals surface area contributed by atoms with E-state index in [1.54, 1.807) is 0 Å². The minimum Gasteiger partial charge on any atom is -0.0842 e. The number of fused-ring (bicyclic) bond motifs is 8. The summed E-state index contributed by atoms with van der Waals surface area (Å²) >= 11 is 0. The van der Waals surface area contributed by atoms with E-state index >= 15 is 0 Å². The Balaban J connectivity index is 1.17.